The maximum absolute atomic E-state index is 14.2. The Balaban J connectivity index is 2.53. The number of carbonyl (C=O) groups is 7. The second kappa shape index (κ2) is 20.6. The van der Waals surface area contributed by atoms with Crippen LogP contribution in [0.5, 0.6) is 0 Å². The van der Waals surface area contributed by atoms with Gasteiger partial charge in [0.1, 0.15) is 31.0 Å². The fraction of sp³-hybridized carbons (Fsp3) is 0.558. The number of benzene rings is 1. The van der Waals surface area contributed by atoms with Gasteiger partial charge >= 0.3 is 41.8 Å². The maximum atomic E-state index is 14.2. The zero-order valence-corrected chi connectivity index (χ0v) is 35.8. The zero-order chi connectivity index (χ0) is 44.5. The Morgan fingerprint density at radius 2 is 1.25 bits per heavy atom. The quantitative estimate of drug-likeness (QED) is 0.176. The van der Waals surface area contributed by atoms with Gasteiger partial charge in [0.2, 0.25) is 0 Å². The lowest BCUT2D eigenvalue weighted by Crippen LogP contribution is -2.49. The molecular formula is C43H57NO15. The van der Waals surface area contributed by atoms with E-state index in [1.165, 1.54) is 26.8 Å². The normalized spacial score (nSPS) is 24.2. The first-order valence-electron chi connectivity index (χ1n) is 19.2. The summed E-state index contributed by atoms with van der Waals surface area (Å²) in [6.45, 7) is 13.1. The third kappa shape index (κ3) is 12.6. The van der Waals surface area contributed by atoms with Crippen molar-refractivity contribution >= 4 is 41.8 Å². The Morgan fingerprint density at radius 3 is 1.75 bits per heavy atom. The molecule has 0 fully saturated rings. The lowest BCUT2D eigenvalue weighted by Gasteiger charge is -2.48. The van der Waals surface area contributed by atoms with Crippen molar-refractivity contribution in [3.8, 4) is 0 Å². The van der Waals surface area contributed by atoms with Crippen LogP contribution < -0.4 is 0 Å². The SMILES string of the molecule is CC(=O)OCC1=CC(OC(C)=O)[C@@H]2C[C@H](OC(C)=O)C(C)=C([C@H](OC(C)=O)C(OC(C)=O)=C(C)[C@@H](OC(C)=O)C[C@H]1OC(=O)[C@H](O)[C@H](c1ccccc1)N(C)C)C2(C)C. The molecule has 0 aliphatic heterocycles. The molecular weight excluding hydrogens is 770 g/mol. The van der Waals surface area contributed by atoms with Crippen LogP contribution in [0.25, 0.3) is 0 Å². The van der Waals surface area contributed by atoms with Crippen LogP contribution >= 0.6 is 0 Å². The number of fused-ring (bicyclic) bond motifs is 2. The Morgan fingerprint density at radius 1 is 0.712 bits per heavy atom. The number of esters is 7. The molecule has 324 valence electrons. The largest absolute Gasteiger partial charge is 0.461 e. The molecule has 1 N–H and O–H groups in total. The van der Waals surface area contributed by atoms with Crippen molar-refractivity contribution in [3.63, 3.8) is 0 Å². The third-order valence-electron chi connectivity index (χ3n) is 10.4. The molecule has 3 rings (SSSR count). The van der Waals surface area contributed by atoms with Gasteiger partial charge < -0.3 is 38.3 Å². The van der Waals surface area contributed by atoms with E-state index < -0.39 is 109 Å². The second-order valence-electron chi connectivity index (χ2n) is 15.5. The van der Waals surface area contributed by atoms with Crippen LogP contribution in [0.15, 0.2) is 64.5 Å². The van der Waals surface area contributed by atoms with E-state index in [1.807, 2.05) is 0 Å². The van der Waals surface area contributed by atoms with Gasteiger partial charge in [-0.2, -0.15) is 0 Å². The highest BCUT2D eigenvalue weighted by Crippen LogP contribution is 2.52. The molecule has 0 heterocycles. The summed E-state index contributed by atoms with van der Waals surface area (Å²) in [7, 11) is 3.33. The number of hydrogen-bond acceptors (Lipinski definition) is 16. The number of aliphatic hydroxyl groups is 1. The van der Waals surface area contributed by atoms with E-state index in [9.17, 15) is 38.7 Å². The van der Waals surface area contributed by atoms with Gasteiger partial charge in [0, 0.05) is 65.0 Å². The zero-order valence-electron chi connectivity index (χ0n) is 35.8. The van der Waals surface area contributed by atoms with Crippen LogP contribution in [0.1, 0.15) is 93.7 Å². The molecule has 0 saturated carbocycles. The topological polar surface area (TPSA) is 208 Å². The van der Waals surface area contributed by atoms with Gasteiger partial charge in [0.05, 0.1) is 6.04 Å². The molecule has 59 heavy (non-hydrogen) atoms. The number of carbonyl (C=O) groups excluding carboxylic acids is 7. The summed E-state index contributed by atoms with van der Waals surface area (Å²) in [6, 6.07) is 7.83. The van der Waals surface area contributed by atoms with Crippen LogP contribution in [0.4, 0.5) is 0 Å². The highest BCUT2D eigenvalue weighted by atomic mass is 16.6. The van der Waals surface area contributed by atoms with Crippen LogP contribution in [0.2, 0.25) is 0 Å². The number of likely N-dealkylation sites (N-methyl/N-ethyl adjacent to an activating group) is 1. The smallest absolute Gasteiger partial charge is 0.337 e. The van der Waals surface area contributed by atoms with Gasteiger partial charge in [-0.3, -0.25) is 33.7 Å². The lowest BCUT2D eigenvalue weighted by atomic mass is 9.60. The average Bonchev–Trinajstić information content (AvgIpc) is 3.10. The first kappa shape index (κ1) is 48.0. The maximum Gasteiger partial charge on any atom is 0.337 e. The van der Waals surface area contributed by atoms with Gasteiger partial charge in [-0.15, -0.1) is 0 Å². The van der Waals surface area contributed by atoms with E-state index >= 15 is 0 Å². The van der Waals surface area contributed by atoms with Crippen LogP contribution in [0, 0.1) is 11.3 Å². The molecule has 0 amide bonds. The van der Waals surface area contributed by atoms with Gasteiger partial charge in [0.15, 0.2) is 18.0 Å². The fourth-order valence-electron chi connectivity index (χ4n) is 7.88. The summed E-state index contributed by atoms with van der Waals surface area (Å²) in [4.78, 5) is 92.3. The predicted octanol–water partition coefficient (Wildman–Crippen LogP) is 4.38. The monoisotopic (exact) mass is 827 g/mol. The van der Waals surface area contributed by atoms with E-state index in [4.69, 9.17) is 33.2 Å². The number of aliphatic hydroxyl groups excluding tert-OH is 1. The van der Waals surface area contributed by atoms with E-state index in [1.54, 1.807) is 70.1 Å². The van der Waals surface area contributed by atoms with Crippen LogP contribution in [-0.2, 0) is 66.7 Å². The van der Waals surface area contributed by atoms with Crippen molar-refractivity contribution in [2.24, 2.45) is 11.3 Å². The fourth-order valence-corrected chi connectivity index (χ4v) is 7.88. The van der Waals surface area contributed by atoms with Gasteiger partial charge in [-0.05, 0) is 62.6 Å². The van der Waals surface area contributed by atoms with Gasteiger partial charge in [0.25, 0.3) is 0 Å². The number of ether oxygens (including phenoxy) is 7. The molecule has 1 aromatic carbocycles. The van der Waals surface area contributed by atoms with E-state index in [2.05, 4.69) is 0 Å². The van der Waals surface area contributed by atoms with E-state index in [0.29, 0.717) is 16.7 Å². The molecule has 0 spiro atoms. The molecule has 0 radical (unpaired) electrons. The summed E-state index contributed by atoms with van der Waals surface area (Å²) < 4.78 is 41.0. The Bertz CT molecular complexity index is 1860. The number of nitrogens with zero attached hydrogens (tertiary/aromatic N) is 1. The Labute approximate surface area is 344 Å². The van der Waals surface area contributed by atoms with Crippen molar-refractivity contribution in [2.45, 2.75) is 125 Å². The Kier molecular flexibility index (Phi) is 16.7. The minimum atomic E-state index is -1.79. The molecule has 2 aliphatic rings. The molecule has 1 unspecified atom stereocenters. The van der Waals surface area contributed by atoms with Crippen molar-refractivity contribution in [1.29, 1.82) is 0 Å². The number of rotatable bonds is 12. The van der Waals surface area contributed by atoms with Crippen LogP contribution in [-0.4, -0.2) is 109 Å². The molecule has 0 aromatic heterocycles. The van der Waals surface area contributed by atoms with Crippen molar-refractivity contribution in [3.05, 3.63) is 70.0 Å². The minimum Gasteiger partial charge on any atom is -0.461 e. The average molecular weight is 828 g/mol. The van der Waals surface area contributed by atoms with Gasteiger partial charge in [-0.25, -0.2) is 4.79 Å². The first-order valence-corrected chi connectivity index (χ1v) is 19.2. The lowest BCUT2D eigenvalue weighted by molar-refractivity contribution is -0.164. The summed E-state index contributed by atoms with van der Waals surface area (Å²) in [5.74, 6) is -6.71. The van der Waals surface area contributed by atoms with Crippen molar-refractivity contribution in [2.75, 3.05) is 20.7 Å². The highest BCUT2D eigenvalue weighted by molar-refractivity contribution is 5.76. The third-order valence-corrected chi connectivity index (χ3v) is 10.4. The molecule has 16 nitrogen and oxygen atoms in total. The minimum absolute atomic E-state index is 0.0520. The molecule has 8 atom stereocenters. The molecule has 2 bridgehead atoms. The van der Waals surface area contributed by atoms with Crippen molar-refractivity contribution in [1.82, 2.24) is 4.90 Å². The molecule has 0 saturated heterocycles. The summed E-state index contributed by atoms with van der Waals surface area (Å²) in [5.41, 5.74) is 0.338. The summed E-state index contributed by atoms with van der Waals surface area (Å²) in [6.07, 6.45) is -7.34. The molecule has 1 aromatic rings. The second-order valence-corrected chi connectivity index (χ2v) is 15.5. The van der Waals surface area contributed by atoms with E-state index in [-0.39, 0.29) is 23.3 Å². The highest BCUT2D eigenvalue weighted by Gasteiger charge is 2.52. The molecule has 16 heteroatoms. The Hall–Kier alpha value is -5.35. The van der Waals surface area contributed by atoms with E-state index in [0.717, 1.165) is 27.7 Å². The number of hydrogen-bond donors (Lipinski definition) is 1. The summed E-state index contributed by atoms with van der Waals surface area (Å²) >= 11 is 0. The van der Waals surface area contributed by atoms with Crippen molar-refractivity contribution < 1.29 is 71.8 Å². The predicted molar refractivity (Wildman–Crippen MR) is 209 cm³/mol. The molecule has 2 aliphatic carbocycles. The first-order chi connectivity index (χ1) is 27.5. The van der Waals surface area contributed by atoms with Gasteiger partial charge in [-0.1, -0.05) is 44.2 Å². The van der Waals surface area contributed by atoms with Crippen LogP contribution in [0.3, 0.4) is 0 Å². The summed E-state index contributed by atoms with van der Waals surface area (Å²) in [5, 5.41) is 11.6. The standard InChI is InChI=1S/C43H57NO15/c1-22-33(54-25(4)46)19-32-36(56-27(6)48)18-31(21-53-24(3)45)35(59-42(52)39(51)38(44(11)12)30-16-14-13-15-17-30)20-34(55-26(5)47)23(2)40(57-28(7)49)41(58-29(8)50)37(22)43(32,9)10/h13-18,32-36,38-39,41,51H,19-21H2,1-12H3/t32-,33-,34-,35+,36?,38-,39+,41-/m0/s1.